The van der Waals surface area contributed by atoms with E-state index in [9.17, 15) is 9.59 Å². The summed E-state index contributed by atoms with van der Waals surface area (Å²) in [6.07, 6.45) is 2.02. The lowest BCUT2D eigenvalue weighted by molar-refractivity contribution is -0.134. The number of rotatable bonds is 7. The van der Waals surface area contributed by atoms with Crippen LogP contribution in [0, 0.1) is 18.8 Å². The number of carbonyl (C=O) groups excluding carboxylic acids is 2. The molecule has 1 aliphatic heterocycles. The molecule has 2 heterocycles. The van der Waals surface area contributed by atoms with E-state index in [1.54, 1.807) is 0 Å². The third-order valence-corrected chi connectivity index (χ3v) is 7.45. The second kappa shape index (κ2) is 10.6. The number of imidazole rings is 1. The first-order valence-corrected chi connectivity index (χ1v) is 13.1. The number of nitrogens with zero attached hydrogens (tertiary/aromatic N) is 3. The maximum Gasteiger partial charge on any atom is 0.242 e. The fourth-order valence-electron chi connectivity index (χ4n) is 4.93. The Bertz CT molecular complexity index is 1180. The quantitative estimate of drug-likeness (QED) is 0.477. The van der Waals surface area contributed by atoms with Crippen molar-refractivity contribution in [1.82, 2.24) is 14.5 Å². The largest absolute Gasteiger partial charge is 0.341 e. The molecule has 4 rings (SSSR count). The Balaban J connectivity index is 1.50. The minimum Gasteiger partial charge on any atom is -0.341 e. The number of carbonyl (C=O) groups is 2. The number of benzene rings is 2. The van der Waals surface area contributed by atoms with E-state index in [-0.39, 0.29) is 24.1 Å². The van der Waals surface area contributed by atoms with Gasteiger partial charge < -0.3 is 14.8 Å². The van der Waals surface area contributed by atoms with Crippen LogP contribution in [0.15, 0.2) is 47.6 Å². The van der Waals surface area contributed by atoms with Gasteiger partial charge in [0.25, 0.3) is 0 Å². The smallest absolute Gasteiger partial charge is 0.242 e. The van der Waals surface area contributed by atoms with Gasteiger partial charge in [-0.2, -0.15) is 0 Å². The van der Waals surface area contributed by atoms with Crippen molar-refractivity contribution in [1.29, 1.82) is 0 Å². The van der Waals surface area contributed by atoms with Crippen LogP contribution in [0.1, 0.15) is 38.3 Å². The number of hydrogen-bond donors (Lipinski definition) is 1. The van der Waals surface area contributed by atoms with Crippen molar-refractivity contribution >= 4 is 40.3 Å². The molecule has 3 aromatic rings. The molecule has 0 spiro atoms. The van der Waals surface area contributed by atoms with Crippen LogP contribution in [-0.2, 0) is 22.6 Å². The number of fused-ring (bicyclic) bond motifs is 1. The number of aromatic nitrogens is 2. The van der Waals surface area contributed by atoms with Crippen LogP contribution in [-0.4, -0.2) is 45.1 Å². The fraction of sp³-hybridized carbons (Fsp3) is 0.444. The number of amides is 2. The number of likely N-dealkylation sites (tertiary alicyclic amines) is 1. The van der Waals surface area contributed by atoms with E-state index >= 15 is 0 Å². The lowest BCUT2D eigenvalue weighted by Crippen LogP contribution is -2.44. The van der Waals surface area contributed by atoms with Crippen LogP contribution in [0.3, 0.4) is 0 Å². The van der Waals surface area contributed by atoms with Crippen molar-refractivity contribution in [3.05, 3.63) is 53.6 Å². The molecule has 0 unspecified atom stereocenters. The minimum atomic E-state index is -0.0717. The number of nitrogens with one attached hydrogen (secondary N) is 1. The molecule has 180 valence electrons. The second-order valence-corrected chi connectivity index (χ2v) is 10.5. The molecule has 1 saturated heterocycles. The van der Waals surface area contributed by atoms with Gasteiger partial charge in [-0.15, -0.1) is 0 Å². The van der Waals surface area contributed by atoms with Crippen molar-refractivity contribution in [3.8, 4) is 0 Å². The molecule has 2 aromatic carbocycles. The van der Waals surface area contributed by atoms with E-state index in [0.717, 1.165) is 53.8 Å². The Labute approximate surface area is 206 Å². The topological polar surface area (TPSA) is 67.2 Å². The van der Waals surface area contributed by atoms with Crippen LogP contribution < -0.4 is 5.32 Å². The van der Waals surface area contributed by atoms with E-state index in [1.807, 2.05) is 58.9 Å². The van der Waals surface area contributed by atoms with Crippen LogP contribution >= 0.6 is 11.8 Å². The SMILES string of the molecule is CCc1cccc(C)c1NC(=O)CSc1nc2ccccc2n1CC(=O)N1C[C@H](C)C[C@H](C)C1. The van der Waals surface area contributed by atoms with Crippen molar-refractivity contribution in [3.63, 3.8) is 0 Å². The maximum atomic E-state index is 13.2. The number of thioether (sulfide) groups is 1. The number of hydrogen-bond acceptors (Lipinski definition) is 4. The Morgan fingerprint density at radius 2 is 1.82 bits per heavy atom. The normalized spacial score (nSPS) is 18.3. The molecule has 0 radical (unpaired) electrons. The lowest BCUT2D eigenvalue weighted by atomic mass is 9.92. The molecule has 0 bridgehead atoms. The first kappa shape index (κ1) is 24.3. The zero-order valence-corrected chi connectivity index (χ0v) is 21.3. The van der Waals surface area contributed by atoms with Crippen LogP contribution in [0.4, 0.5) is 5.69 Å². The highest BCUT2D eigenvalue weighted by molar-refractivity contribution is 7.99. The van der Waals surface area contributed by atoms with Gasteiger partial charge in [-0.1, -0.05) is 62.9 Å². The summed E-state index contributed by atoms with van der Waals surface area (Å²) in [6, 6.07) is 13.9. The van der Waals surface area contributed by atoms with Gasteiger partial charge in [0.05, 0.1) is 16.8 Å². The zero-order valence-electron chi connectivity index (χ0n) is 20.5. The van der Waals surface area contributed by atoms with Crippen molar-refractivity contribution in [2.24, 2.45) is 11.8 Å². The predicted octanol–water partition coefficient (Wildman–Crippen LogP) is 5.14. The maximum absolute atomic E-state index is 13.2. The monoisotopic (exact) mass is 478 g/mol. The Morgan fingerprint density at radius 3 is 2.56 bits per heavy atom. The summed E-state index contributed by atoms with van der Waals surface area (Å²) in [7, 11) is 0. The molecule has 0 saturated carbocycles. The van der Waals surface area contributed by atoms with E-state index in [0.29, 0.717) is 17.0 Å². The molecule has 6 nitrogen and oxygen atoms in total. The molecule has 1 N–H and O–H groups in total. The predicted molar refractivity (Wildman–Crippen MR) is 139 cm³/mol. The van der Waals surface area contributed by atoms with Gasteiger partial charge in [-0.3, -0.25) is 9.59 Å². The zero-order chi connectivity index (χ0) is 24.2. The molecule has 7 heteroatoms. The van der Waals surface area contributed by atoms with Crippen molar-refractivity contribution < 1.29 is 9.59 Å². The van der Waals surface area contributed by atoms with E-state index < -0.39 is 0 Å². The fourth-order valence-corrected chi connectivity index (χ4v) is 5.74. The molecule has 1 fully saturated rings. The van der Waals surface area contributed by atoms with Gasteiger partial charge >= 0.3 is 0 Å². The van der Waals surface area contributed by atoms with Crippen molar-refractivity contribution in [2.75, 3.05) is 24.2 Å². The summed E-state index contributed by atoms with van der Waals surface area (Å²) in [5, 5.41) is 3.78. The summed E-state index contributed by atoms with van der Waals surface area (Å²) in [5.41, 5.74) is 4.84. The standard InChI is InChI=1S/C27H34N4O2S/c1-5-21-10-8-9-20(4)26(21)29-24(32)17-34-27-28-22-11-6-7-12-23(22)31(27)16-25(33)30-14-18(2)13-19(3)15-30/h6-12,18-19H,5,13-17H2,1-4H3,(H,29,32)/t18-,19+. The Morgan fingerprint density at radius 1 is 1.09 bits per heavy atom. The minimum absolute atomic E-state index is 0.0717. The molecule has 2 amide bonds. The molecule has 1 aromatic heterocycles. The average Bonchev–Trinajstić information content (AvgIpc) is 3.15. The third kappa shape index (κ3) is 5.46. The number of para-hydroxylation sites is 3. The summed E-state index contributed by atoms with van der Waals surface area (Å²) >= 11 is 1.38. The summed E-state index contributed by atoms with van der Waals surface area (Å²) in [6.45, 7) is 10.4. The van der Waals surface area contributed by atoms with E-state index in [1.165, 1.54) is 11.8 Å². The molecule has 2 atom stereocenters. The summed E-state index contributed by atoms with van der Waals surface area (Å²) in [5.74, 6) is 1.30. The number of anilines is 1. The third-order valence-electron chi connectivity index (χ3n) is 6.47. The highest BCUT2D eigenvalue weighted by Crippen LogP contribution is 2.27. The Hall–Kier alpha value is -2.80. The van der Waals surface area contributed by atoms with Crippen LogP contribution in [0.25, 0.3) is 11.0 Å². The van der Waals surface area contributed by atoms with Gasteiger partial charge in [0.15, 0.2) is 5.16 Å². The highest BCUT2D eigenvalue weighted by atomic mass is 32.2. The molecular formula is C27H34N4O2S. The van der Waals surface area contributed by atoms with Crippen LogP contribution in [0.5, 0.6) is 0 Å². The number of piperidine rings is 1. The first-order chi connectivity index (χ1) is 16.4. The molecule has 1 aliphatic rings. The molecule has 34 heavy (non-hydrogen) atoms. The molecule has 0 aliphatic carbocycles. The second-order valence-electron chi connectivity index (χ2n) is 9.51. The van der Waals surface area contributed by atoms with E-state index in [4.69, 9.17) is 4.98 Å². The summed E-state index contributed by atoms with van der Waals surface area (Å²) < 4.78 is 1.96. The van der Waals surface area contributed by atoms with Crippen molar-refractivity contribution in [2.45, 2.75) is 52.2 Å². The van der Waals surface area contributed by atoms with Gasteiger partial charge in [0.1, 0.15) is 6.54 Å². The van der Waals surface area contributed by atoms with Gasteiger partial charge in [0, 0.05) is 18.8 Å². The van der Waals surface area contributed by atoms with Gasteiger partial charge in [-0.05, 0) is 54.9 Å². The van der Waals surface area contributed by atoms with E-state index in [2.05, 4.69) is 26.1 Å². The van der Waals surface area contributed by atoms with Crippen LogP contribution in [0.2, 0.25) is 0 Å². The Kier molecular flexibility index (Phi) is 7.61. The highest BCUT2D eigenvalue weighted by Gasteiger charge is 2.26. The van der Waals surface area contributed by atoms with Gasteiger partial charge in [-0.25, -0.2) is 4.98 Å². The first-order valence-electron chi connectivity index (χ1n) is 12.1. The number of aryl methyl sites for hydroxylation is 2. The molecular weight excluding hydrogens is 444 g/mol. The van der Waals surface area contributed by atoms with Gasteiger partial charge in [0.2, 0.25) is 11.8 Å². The summed E-state index contributed by atoms with van der Waals surface area (Å²) in [4.78, 5) is 32.8. The lowest BCUT2D eigenvalue weighted by Gasteiger charge is -2.35. The average molecular weight is 479 g/mol.